The quantitative estimate of drug-likeness (QED) is 0.683. The van der Waals surface area contributed by atoms with Crippen LogP contribution in [0.5, 0.6) is 0 Å². The fraction of sp³-hybridized carbons (Fsp3) is 0.250. The molecule has 0 saturated carbocycles. The number of benzene rings is 1. The van der Waals surface area contributed by atoms with Crippen molar-refractivity contribution in [2.75, 3.05) is 0 Å². The molecule has 2 heteroatoms. The number of rotatable bonds is 1. The molecule has 0 heterocycles. The predicted octanol–water partition coefficient (Wildman–Crippen LogP) is 3.51. The molecule has 1 rings (SSSR count). The van der Waals surface area contributed by atoms with Gasteiger partial charge in [0, 0.05) is 8.59 Å². The van der Waals surface area contributed by atoms with Crippen LogP contribution in [0, 0.1) is 3.57 Å². The van der Waals surface area contributed by atoms with E-state index < -0.39 is 0 Å². The Morgan fingerprint density at radius 3 is 2.70 bits per heavy atom. The first-order chi connectivity index (χ1) is 4.74. The van der Waals surface area contributed by atoms with Gasteiger partial charge in [0.15, 0.2) is 0 Å². The van der Waals surface area contributed by atoms with Gasteiger partial charge in [-0.05, 0) is 52.8 Å². The third-order valence-corrected chi connectivity index (χ3v) is 2.43. The van der Waals surface area contributed by atoms with Gasteiger partial charge < -0.3 is 0 Å². The Labute approximate surface area is 79.7 Å². The molecule has 0 aromatic heterocycles. The zero-order valence-electron chi connectivity index (χ0n) is 5.70. The standard InChI is InChI=1S/C8H8ClI/c1-2-6-5-7(10)3-4-8(6)9/h3-5H,2H2,1H3. The highest BCUT2D eigenvalue weighted by atomic mass is 127. The SMILES string of the molecule is CCc1cc(I)ccc1Cl. The summed E-state index contributed by atoms with van der Waals surface area (Å²) < 4.78 is 1.25. The van der Waals surface area contributed by atoms with Crippen LogP contribution in [0.3, 0.4) is 0 Å². The number of aryl methyl sites for hydroxylation is 1. The topological polar surface area (TPSA) is 0 Å². The molecular weight excluding hydrogens is 258 g/mol. The van der Waals surface area contributed by atoms with Gasteiger partial charge >= 0.3 is 0 Å². The van der Waals surface area contributed by atoms with Gasteiger partial charge in [-0.2, -0.15) is 0 Å². The third kappa shape index (κ3) is 1.86. The van der Waals surface area contributed by atoms with Crippen molar-refractivity contribution in [3.63, 3.8) is 0 Å². The predicted molar refractivity (Wildman–Crippen MR) is 53.5 cm³/mol. The molecule has 0 nitrogen and oxygen atoms in total. The minimum atomic E-state index is 0.878. The van der Waals surface area contributed by atoms with Crippen LogP contribution in [-0.2, 0) is 6.42 Å². The fourth-order valence-electron chi connectivity index (χ4n) is 0.814. The second kappa shape index (κ2) is 3.58. The number of hydrogen-bond acceptors (Lipinski definition) is 0. The summed E-state index contributed by atoms with van der Waals surface area (Å²) in [6.45, 7) is 2.11. The van der Waals surface area contributed by atoms with E-state index in [1.807, 2.05) is 12.1 Å². The van der Waals surface area contributed by atoms with Crippen molar-refractivity contribution < 1.29 is 0 Å². The molecule has 1 aromatic carbocycles. The molecule has 0 fully saturated rings. The fourth-order valence-corrected chi connectivity index (χ4v) is 1.62. The van der Waals surface area contributed by atoms with Crippen LogP contribution in [0.4, 0.5) is 0 Å². The lowest BCUT2D eigenvalue weighted by Gasteiger charge is -1.99. The summed E-state index contributed by atoms with van der Waals surface area (Å²) in [4.78, 5) is 0. The van der Waals surface area contributed by atoms with E-state index in [1.54, 1.807) is 0 Å². The summed E-state index contributed by atoms with van der Waals surface area (Å²) >= 11 is 8.18. The van der Waals surface area contributed by atoms with Crippen molar-refractivity contribution in [1.29, 1.82) is 0 Å². The van der Waals surface area contributed by atoms with Crippen molar-refractivity contribution >= 4 is 34.2 Å². The Hall–Kier alpha value is 0.240. The first-order valence-corrected chi connectivity index (χ1v) is 4.63. The van der Waals surface area contributed by atoms with Crippen molar-refractivity contribution in [2.45, 2.75) is 13.3 Å². The Bertz CT molecular complexity index is 233. The summed E-state index contributed by atoms with van der Waals surface area (Å²) in [6, 6.07) is 6.08. The van der Waals surface area contributed by atoms with E-state index in [2.05, 4.69) is 35.6 Å². The summed E-state index contributed by atoms with van der Waals surface area (Å²) in [6.07, 6.45) is 1.01. The summed E-state index contributed by atoms with van der Waals surface area (Å²) in [7, 11) is 0. The Morgan fingerprint density at radius 1 is 1.50 bits per heavy atom. The molecule has 0 spiro atoms. The lowest BCUT2D eigenvalue weighted by molar-refractivity contribution is 1.14. The average Bonchev–Trinajstić information content (AvgIpc) is 1.94. The van der Waals surface area contributed by atoms with Crippen LogP contribution in [0.15, 0.2) is 18.2 Å². The molecule has 0 aliphatic rings. The van der Waals surface area contributed by atoms with Crippen LogP contribution < -0.4 is 0 Å². The molecule has 1 aromatic rings. The van der Waals surface area contributed by atoms with Crippen molar-refractivity contribution in [1.82, 2.24) is 0 Å². The van der Waals surface area contributed by atoms with Gasteiger partial charge in [-0.15, -0.1) is 0 Å². The Morgan fingerprint density at radius 2 is 2.20 bits per heavy atom. The summed E-state index contributed by atoms with van der Waals surface area (Å²) in [5.41, 5.74) is 1.23. The van der Waals surface area contributed by atoms with Gasteiger partial charge in [0.05, 0.1) is 0 Å². The van der Waals surface area contributed by atoms with Gasteiger partial charge in [-0.25, -0.2) is 0 Å². The molecule has 0 radical (unpaired) electrons. The van der Waals surface area contributed by atoms with Gasteiger partial charge in [-0.3, -0.25) is 0 Å². The van der Waals surface area contributed by atoms with Gasteiger partial charge in [-0.1, -0.05) is 18.5 Å². The molecule has 0 N–H and O–H groups in total. The van der Waals surface area contributed by atoms with E-state index in [1.165, 1.54) is 9.13 Å². The first kappa shape index (κ1) is 8.34. The normalized spacial score (nSPS) is 9.90. The maximum atomic E-state index is 5.89. The van der Waals surface area contributed by atoms with Crippen LogP contribution in [-0.4, -0.2) is 0 Å². The maximum absolute atomic E-state index is 5.89. The lowest BCUT2D eigenvalue weighted by Crippen LogP contribution is -1.82. The highest BCUT2D eigenvalue weighted by Crippen LogP contribution is 2.18. The molecule has 10 heavy (non-hydrogen) atoms. The Kier molecular flexibility index (Phi) is 2.98. The molecule has 0 bridgehead atoms. The van der Waals surface area contributed by atoms with E-state index in [0.717, 1.165) is 11.4 Å². The van der Waals surface area contributed by atoms with Gasteiger partial charge in [0.1, 0.15) is 0 Å². The van der Waals surface area contributed by atoms with Crippen molar-refractivity contribution in [3.8, 4) is 0 Å². The van der Waals surface area contributed by atoms with Crippen molar-refractivity contribution in [2.24, 2.45) is 0 Å². The molecule has 0 aliphatic heterocycles. The summed E-state index contributed by atoms with van der Waals surface area (Å²) in [5.74, 6) is 0. The first-order valence-electron chi connectivity index (χ1n) is 3.18. The van der Waals surface area contributed by atoms with E-state index >= 15 is 0 Å². The largest absolute Gasteiger partial charge is 0.0840 e. The lowest BCUT2D eigenvalue weighted by atomic mass is 10.2. The second-order valence-corrected chi connectivity index (χ2v) is 3.74. The second-order valence-electron chi connectivity index (χ2n) is 2.09. The van der Waals surface area contributed by atoms with Crippen LogP contribution >= 0.6 is 34.2 Å². The molecule has 0 atom stereocenters. The highest BCUT2D eigenvalue weighted by molar-refractivity contribution is 14.1. The number of hydrogen-bond donors (Lipinski definition) is 0. The summed E-state index contributed by atoms with van der Waals surface area (Å²) in [5, 5.41) is 0.878. The molecule has 0 saturated heterocycles. The van der Waals surface area contributed by atoms with E-state index in [0.29, 0.717) is 0 Å². The van der Waals surface area contributed by atoms with Crippen LogP contribution in [0.2, 0.25) is 5.02 Å². The zero-order chi connectivity index (χ0) is 7.56. The zero-order valence-corrected chi connectivity index (χ0v) is 8.61. The van der Waals surface area contributed by atoms with Gasteiger partial charge in [0.2, 0.25) is 0 Å². The smallest absolute Gasteiger partial charge is 0.0438 e. The molecule has 54 valence electrons. The average molecular weight is 267 g/mol. The molecule has 0 amide bonds. The van der Waals surface area contributed by atoms with E-state index in [4.69, 9.17) is 11.6 Å². The molecular formula is C8H8ClI. The van der Waals surface area contributed by atoms with E-state index in [9.17, 15) is 0 Å². The van der Waals surface area contributed by atoms with Crippen molar-refractivity contribution in [3.05, 3.63) is 32.4 Å². The van der Waals surface area contributed by atoms with Crippen LogP contribution in [0.1, 0.15) is 12.5 Å². The maximum Gasteiger partial charge on any atom is 0.0438 e. The van der Waals surface area contributed by atoms with E-state index in [-0.39, 0.29) is 0 Å². The third-order valence-electron chi connectivity index (χ3n) is 1.39. The molecule has 0 aliphatic carbocycles. The number of halogens is 2. The monoisotopic (exact) mass is 266 g/mol. The minimum Gasteiger partial charge on any atom is -0.0840 e. The minimum absolute atomic E-state index is 0.878. The Balaban J connectivity index is 3.09. The van der Waals surface area contributed by atoms with Gasteiger partial charge in [0.25, 0.3) is 0 Å². The molecule has 0 unspecified atom stereocenters. The van der Waals surface area contributed by atoms with Crippen LogP contribution in [0.25, 0.3) is 0 Å². The highest BCUT2D eigenvalue weighted by Gasteiger charge is 1.96.